The molecule has 0 saturated heterocycles. The lowest BCUT2D eigenvalue weighted by atomic mass is 9.92. The van der Waals surface area contributed by atoms with Gasteiger partial charge in [-0.3, -0.25) is 0 Å². The number of nitrogens with two attached hydrogens (primary N) is 1. The standard InChI is InChI=1S/C19H24N2/c20-19(16-8-4-5-9-16)17-10-12-18(13-11-17)21-14-15-6-2-1-3-7-15/h1-3,6-7,10-13,16,19,21H,4-5,8-9,14,20H2/t19-/m1/s1. The molecule has 0 aromatic heterocycles. The van der Waals surface area contributed by atoms with Crippen molar-refractivity contribution >= 4 is 5.69 Å². The molecule has 1 aliphatic carbocycles. The van der Waals surface area contributed by atoms with E-state index in [1.54, 1.807) is 0 Å². The van der Waals surface area contributed by atoms with E-state index >= 15 is 0 Å². The Morgan fingerprint density at radius 2 is 1.62 bits per heavy atom. The Labute approximate surface area is 127 Å². The van der Waals surface area contributed by atoms with Crippen LogP contribution >= 0.6 is 0 Å². The van der Waals surface area contributed by atoms with Crippen molar-refractivity contribution in [1.29, 1.82) is 0 Å². The lowest BCUT2D eigenvalue weighted by Gasteiger charge is -2.19. The lowest BCUT2D eigenvalue weighted by Crippen LogP contribution is -2.18. The Balaban J connectivity index is 1.58. The second-order valence-electron chi connectivity index (χ2n) is 6.03. The van der Waals surface area contributed by atoms with Gasteiger partial charge in [-0.25, -0.2) is 0 Å². The molecule has 3 N–H and O–H groups in total. The fraction of sp³-hybridized carbons (Fsp3) is 0.368. The molecule has 0 bridgehead atoms. The zero-order valence-corrected chi connectivity index (χ0v) is 12.5. The van der Waals surface area contributed by atoms with Gasteiger partial charge in [-0.15, -0.1) is 0 Å². The van der Waals surface area contributed by atoms with Gasteiger partial charge in [-0.05, 0) is 42.0 Å². The zero-order valence-electron chi connectivity index (χ0n) is 12.5. The van der Waals surface area contributed by atoms with Crippen LogP contribution in [0.4, 0.5) is 5.69 Å². The molecule has 1 aliphatic rings. The zero-order chi connectivity index (χ0) is 14.5. The van der Waals surface area contributed by atoms with Crippen molar-refractivity contribution in [3.8, 4) is 0 Å². The van der Waals surface area contributed by atoms with Gasteiger partial charge in [0.25, 0.3) is 0 Å². The van der Waals surface area contributed by atoms with E-state index in [0.717, 1.165) is 12.2 Å². The highest BCUT2D eigenvalue weighted by atomic mass is 14.9. The van der Waals surface area contributed by atoms with Crippen LogP contribution in [-0.2, 0) is 6.54 Å². The number of hydrogen-bond donors (Lipinski definition) is 2. The quantitative estimate of drug-likeness (QED) is 0.847. The summed E-state index contributed by atoms with van der Waals surface area (Å²) in [5.74, 6) is 0.674. The van der Waals surface area contributed by atoms with Crippen molar-refractivity contribution in [2.45, 2.75) is 38.3 Å². The van der Waals surface area contributed by atoms with Crippen LogP contribution in [0.25, 0.3) is 0 Å². The summed E-state index contributed by atoms with van der Waals surface area (Å²) in [6, 6.07) is 19.3. The third-order valence-electron chi connectivity index (χ3n) is 4.54. The van der Waals surface area contributed by atoms with Crippen molar-refractivity contribution in [2.75, 3.05) is 5.32 Å². The summed E-state index contributed by atoms with van der Waals surface area (Å²) in [4.78, 5) is 0. The van der Waals surface area contributed by atoms with Crippen molar-refractivity contribution in [3.63, 3.8) is 0 Å². The summed E-state index contributed by atoms with van der Waals surface area (Å²) < 4.78 is 0. The molecule has 0 aliphatic heterocycles. The Kier molecular flexibility index (Phi) is 4.56. The van der Waals surface area contributed by atoms with Crippen LogP contribution in [0.2, 0.25) is 0 Å². The molecule has 1 fully saturated rings. The molecule has 0 spiro atoms. The summed E-state index contributed by atoms with van der Waals surface area (Å²) in [6.45, 7) is 0.856. The normalized spacial score (nSPS) is 16.8. The molecule has 3 rings (SSSR count). The summed E-state index contributed by atoms with van der Waals surface area (Å²) in [5.41, 5.74) is 10.1. The first-order valence-corrected chi connectivity index (χ1v) is 7.96. The lowest BCUT2D eigenvalue weighted by molar-refractivity contribution is 0.445. The minimum absolute atomic E-state index is 0.204. The van der Waals surface area contributed by atoms with Gasteiger partial charge >= 0.3 is 0 Å². The maximum Gasteiger partial charge on any atom is 0.0400 e. The largest absolute Gasteiger partial charge is 0.381 e. The first-order valence-electron chi connectivity index (χ1n) is 7.96. The molecule has 21 heavy (non-hydrogen) atoms. The van der Waals surface area contributed by atoms with E-state index < -0.39 is 0 Å². The van der Waals surface area contributed by atoms with Gasteiger partial charge in [-0.1, -0.05) is 55.3 Å². The van der Waals surface area contributed by atoms with E-state index in [9.17, 15) is 0 Å². The predicted molar refractivity (Wildman–Crippen MR) is 89.1 cm³/mol. The van der Waals surface area contributed by atoms with Gasteiger partial charge in [0.1, 0.15) is 0 Å². The number of rotatable bonds is 5. The molecule has 2 aromatic carbocycles. The van der Waals surface area contributed by atoms with Crippen LogP contribution in [0.5, 0.6) is 0 Å². The molecule has 2 heteroatoms. The van der Waals surface area contributed by atoms with Gasteiger partial charge in [0.2, 0.25) is 0 Å². The van der Waals surface area contributed by atoms with Crippen molar-refractivity contribution in [2.24, 2.45) is 11.7 Å². The predicted octanol–water partition coefficient (Wildman–Crippen LogP) is 4.49. The number of anilines is 1. The maximum atomic E-state index is 6.39. The Morgan fingerprint density at radius 1 is 0.952 bits per heavy atom. The number of nitrogens with one attached hydrogen (secondary N) is 1. The highest BCUT2D eigenvalue weighted by Crippen LogP contribution is 2.34. The molecule has 0 radical (unpaired) electrons. The topological polar surface area (TPSA) is 38.0 Å². The smallest absolute Gasteiger partial charge is 0.0400 e. The summed E-state index contributed by atoms with van der Waals surface area (Å²) in [5, 5.41) is 3.46. The molecule has 1 saturated carbocycles. The monoisotopic (exact) mass is 280 g/mol. The first-order chi connectivity index (χ1) is 10.3. The third-order valence-corrected chi connectivity index (χ3v) is 4.54. The van der Waals surface area contributed by atoms with E-state index in [1.165, 1.54) is 36.8 Å². The first kappa shape index (κ1) is 14.2. The molecule has 0 heterocycles. The van der Waals surface area contributed by atoms with Crippen molar-refractivity contribution < 1.29 is 0 Å². The molecule has 2 aromatic rings. The number of hydrogen-bond acceptors (Lipinski definition) is 2. The molecule has 2 nitrogen and oxygen atoms in total. The van der Waals surface area contributed by atoms with Crippen LogP contribution < -0.4 is 11.1 Å². The molecule has 1 atom stereocenters. The number of benzene rings is 2. The van der Waals surface area contributed by atoms with Crippen LogP contribution in [0.15, 0.2) is 54.6 Å². The van der Waals surface area contributed by atoms with E-state index in [0.29, 0.717) is 5.92 Å². The van der Waals surface area contributed by atoms with E-state index in [4.69, 9.17) is 5.73 Å². The van der Waals surface area contributed by atoms with Gasteiger partial charge in [-0.2, -0.15) is 0 Å². The third kappa shape index (κ3) is 3.64. The summed E-state index contributed by atoms with van der Waals surface area (Å²) in [6.07, 6.45) is 5.26. The fourth-order valence-corrected chi connectivity index (χ4v) is 3.21. The Hall–Kier alpha value is -1.80. The Morgan fingerprint density at radius 3 is 2.29 bits per heavy atom. The van der Waals surface area contributed by atoms with Crippen LogP contribution in [0.1, 0.15) is 42.9 Å². The minimum Gasteiger partial charge on any atom is -0.381 e. The summed E-state index contributed by atoms with van der Waals surface area (Å²) >= 11 is 0. The van der Waals surface area contributed by atoms with Gasteiger partial charge in [0.05, 0.1) is 0 Å². The van der Waals surface area contributed by atoms with Crippen LogP contribution in [0, 0.1) is 5.92 Å². The Bertz CT molecular complexity index is 542. The van der Waals surface area contributed by atoms with Gasteiger partial charge in [0, 0.05) is 18.3 Å². The molecular formula is C19H24N2. The second kappa shape index (κ2) is 6.77. The molecule has 0 unspecified atom stereocenters. The highest BCUT2D eigenvalue weighted by Gasteiger charge is 2.22. The van der Waals surface area contributed by atoms with E-state index in [2.05, 4.69) is 53.8 Å². The van der Waals surface area contributed by atoms with Crippen molar-refractivity contribution in [1.82, 2.24) is 0 Å². The molecule has 110 valence electrons. The second-order valence-corrected chi connectivity index (χ2v) is 6.03. The fourth-order valence-electron chi connectivity index (χ4n) is 3.21. The molecular weight excluding hydrogens is 256 g/mol. The van der Waals surface area contributed by atoms with Crippen LogP contribution in [0.3, 0.4) is 0 Å². The maximum absolute atomic E-state index is 6.39. The van der Waals surface area contributed by atoms with Crippen molar-refractivity contribution in [3.05, 3.63) is 65.7 Å². The highest BCUT2D eigenvalue weighted by molar-refractivity contribution is 5.45. The minimum atomic E-state index is 0.204. The average Bonchev–Trinajstić information content (AvgIpc) is 3.08. The van der Waals surface area contributed by atoms with Gasteiger partial charge in [0.15, 0.2) is 0 Å². The van der Waals surface area contributed by atoms with E-state index in [-0.39, 0.29) is 6.04 Å². The SMILES string of the molecule is N[C@@H](c1ccc(NCc2ccccc2)cc1)C1CCCC1. The average molecular weight is 280 g/mol. The van der Waals surface area contributed by atoms with E-state index in [1.807, 2.05) is 6.07 Å². The summed E-state index contributed by atoms with van der Waals surface area (Å²) in [7, 11) is 0. The van der Waals surface area contributed by atoms with Crippen LogP contribution in [-0.4, -0.2) is 0 Å². The van der Waals surface area contributed by atoms with Gasteiger partial charge < -0.3 is 11.1 Å². The molecule has 0 amide bonds.